The van der Waals surface area contributed by atoms with Gasteiger partial charge in [0.2, 0.25) is 0 Å². The van der Waals surface area contributed by atoms with Crippen LogP contribution >= 0.6 is 11.6 Å². The quantitative estimate of drug-likeness (QED) is 0.868. The number of halogens is 2. The summed E-state index contributed by atoms with van der Waals surface area (Å²) in [6.07, 6.45) is 0.735. The summed E-state index contributed by atoms with van der Waals surface area (Å²) in [6, 6.07) is 11.2. The second-order valence-electron chi connectivity index (χ2n) is 5.20. The minimum Gasteiger partial charge on any atom is -0.313 e. The Morgan fingerprint density at radius 1 is 1.10 bits per heavy atom. The Bertz CT molecular complexity index is 590. The van der Waals surface area contributed by atoms with E-state index in [1.165, 1.54) is 6.07 Å². The smallest absolute Gasteiger partial charge is 0.123 e. The Morgan fingerprint density at radius 3 is 2.45 bits per heavy atom. The van der Waals surface area contributed by atoms with Crippen molar-refractivity contribution in [3.63, 3.8) is 0 Å². The topological polar surface area (TPSA) is 12.0 Å². The highest BCUT2D eigenvalue weighted by molar-refractivity contribution is 6.31. The highest BCUT2D eigenvalue weighted by Crippen LogP contribution is 2.25. The molecule has 0 fully saturated rings. The van der Waals surface area contributed by atoms with Crippen LogP contribution in [0.15, 0.2) is 36.4 Å². The summed E-state index contributed by atoms with van der Waals surface area (Å²) in [5, 5.41) is 4.00. The van der Waals surface area contributed by atoms with Gasteiger partial charge in [-0.05, 0) is 67.8 Å². The molecule has 2 aromatic rings. The van der Waals surface area contributed by atoms with E-state index in [0.29, 0.717) is 0 Å². The van der Waals surface area contributed by atoms with Crippen molar-refractivity contribution in [3.05, 3.63) is 69.5 Å². The van der Waals surface area contributed by atoms with Crippen LogP contribution < -0.4 is 5.32 Å². The number of rotatable bonds is 4. The largest absolute Gasteiger partial charge is 0.313 e. The van der Waals surface area contributed by atoms with Crippen molar-refractivity contribution in [2.75, 3.05) is 7.05 Å². The lowest BCUT2D eigenvalue weighted by Crippen LogP contribution is -2.19. The van der Waals surface area contributed by atoms with Gasteiger partial charge in [0.1, 0.15) is 5.82 Å². The molecule has 0 radical (unpaired) electrons. The van der Waals surface area contributed by atoms with Crippen LogP contribution in [0.1, 0.15) is 28.3 Å². The first-order chi connectivity index (χ1) is 9.49. The molecule has 1 nitrogen and oxygen atoms in total. The maximum atomic E-state index is 13.5. The highest BCUT2D eigenvalue weighted by atomic mass is 35.5. The third-order valence-electron chi connectivity index (χ3n) is 3.45. The molecule has 0 aliphatic heterocycles. The summed E-state index contributed by atoms with van der Waals surface area (Å²) in [6.45, 7) is 3.92. The number of likely N-dealkylation sites (N-methyl/N-ethyl adjacent to an activating group) is 1. The molecule has 0 spiro atoms. The van der Waals surface area contributed by atoms with Gasteiger partial charge >= 0.3 is 0 Å². The zero-order valence-electron chi connectivity index (χ0n) is 12.0. The maximum Gasteiger partial charge on any atom is 0.123 e. The predicted molar refractivity (Wildman–Crippen MR) is 82.8 cm³/mol. The lowest BCUT2D eigenvalue weighted by Gasteiger charge is -2.18. The molecule has 0 saturated carbocycles. The van der Waals surface area contributed by atoms with Crippen molar-refractivity contribution in [1.29, 1.82) is 0 Å². The van der Waals surface area contributed by atoms with E-state index in [-0.39, 0.29) is 11.9 Å². The van der Waals surface area contributed by atoms with Crippen molar-refractivity contribution in [1.82, 2.24) is 5.32 Å². The minimum atomic E-state index is -0.199. The average molecular weight is 292 g/mol. The van der Waals surface area contributed by atoms with Crippen LogP contribution in [0, 0.1) is 19.7 Å². The van der Waals surface area contributed by atoms with Crippen molar-refractivity contribution >= 4 is 11.6 Å². The van der Waals surface area contributed by atoms with Gasteiger partial charge in [0.25, 0.3) is 0 Å². The molecule has 2 rings (SSSR count). The molecule has 1 N–H and O–H groups in total. The zero-order valence-corrected chi connectivity index (χ0v) is 12.8. The number of hydrogen-bond acceptors (Lipinski definition) is 1. The van der Waals surface area contributed by atoms with Gasteiger partial charge < -0.3 is 5.32 Å². The lowest BCUT2D eigenvalue weighted by molar-refractivity contribution is 0.576. The standard InChI is InChI=1S/C17H19ClFN/c1-11-4-5-13(16(18)8-11)10-17(20-3)14-6-12(2)7-15(19)9-14/h4-9,17,20H,10H2,1-3H3. The Balaban J connectivity index is 2.28. The molecular formula is C17H19ClFN. The fraction of sp³-hybridized carbons (Fsp3) is 0.294. The van der Waals surface area contributed by atoms with Gasteiger partial charge in [-0.15, -0.1) is 0 Å². The molecule has 0 saturated heterocycles. The third-order valence-corrected chi connectivity index (χ3v) is 3.80. The monoisotopic (exact) mass is 291 g/mol. The SMILES string of the molecule is CNC(Cc1ccc(C)cc1Cl)c1cc(C)cc(F)c1. The Hall–Kier alpha value is -1.38. The van der Waals surface area contributed by atoms with Crippen LogP contribution in [0.25, 0.3) is 0 Å². The van der Waals surface area contributed by atoms with Crippen LogP contribution in [-0.2, 0) is 6.42 Å². The van der Waals surface area contributed by atoms with Gasteiger partial charge in [0.15, 0.2) is 0 Å². The molecule has 0 heterocycles. The first-order valence-corrected chi connectivity index (χ1v) is 7.07. The van der Waals surface area contributed by atoms with Crippen molar-refractivity contribution in [3.8, 4) is 0 Å². The molecule has 1 atom stereocenters. The fourth-order valence-electron chi connectivity index (χ4n) is 2.39. The molecule has 106 valence electrons. The molecule has 2 aromatic carbocycles. The van der Waals surface area contributed by atoms with Crippen LogP contribution in [0.2, 0.25) is 5.02 Å². The minimum absolute atomic E-state index is 0.0459. The number of nitrogens with one attached hydrogen (secondary N) is 1. The molecule has 1 unspecified atom stereocenters. The van der Waals surface area contributed by atoms with Crippen molar-refractivity contribution < 1.29 is 4.39 Å². The molecule has 0 aliphatic rings. The van der Waals surface area contributed by atoms with E-state index in [1.54, 1.807) is 6.07 Å². The Labute approximate surface area is 124 Å². The average Bonchev–Trinajstić information content (AvgIpc) is 2.36. The first kappa shape index (κ1) is 15.0. The highest BCUT2D eigenvalue weighted by Gasteiger charge is 2.13. The lowest BCUT2D eigenvalue weighted by atomic mass is 9.97. The normalized spacial score (nSPS) is 12.4. The summed E-state index contributed by atoms with van der Waals surface area (Å²) in [7, 11) is 1.88. The second-order valence-corrected chi connectivity index (χ2v) is 5.61. The van der Waals surface area contributed by atoms with Crippen LogP contribution in [0.5, 0.6) is 0 Å². The summed E-state index contributed by atoms with van der Waals surface area (Å²) in [4.78, 5) is 0. The van der Waals surface area contributed by atoms with E-state index in [4.69, 9.17) is 11.6 Å². The Morgan fingerprint density at radius 2 is 1.85 bits per heavy atom. The van der Waals surface area contributed by atoms with E-state index >= 15 is 0 Å². The number of benzene rings is 2. The van der Waals surface area contributed by atoms with Crippen LogP contribution in [0.4, 0.5) is 4.39 Å². The molecule has 0 aromatic heterocycles. The summed E-state index contributed by atoms with van der Waals surface area (Å²) in [5.74, 6) is -0.199. The summed E-state index contributed by atoms with van der Waals surface area (Å²) < 4.78 is 13.5. The van der Waals surface area contributed by atoms with Crippen LogP contribution in [-0.4, -0.2) is 7.05 Å². The molecule has 0 aliphatic carbocycles. The molecule has 0 amide bonds. The molecule has 3 heteroatoms. The van der Waals surface area contributed by atoms with Gasteiger partial charge in [-0.2, -0.15) is 0 Å². The van der Waals surface area contributed by atoms with E-state index < -0.39 is 0 Å². The predicted octanol–water partition coefficient (Wildman–Crippen LogP) is 4.60. The molecule has 0 bridgehead atoms. The zero-order chi connectivity index (χ0) is 14.7. The summed E-state index contributed by atoms with van der Waals surface area (Å²) >= 11 is 6.28. The van der Waals surface area contributed by atoms with E-state index in [0.717, 1.165) is 33.7 Å². The first-order valence-electron chi connectivity index (χ1n) is 6.69. The van der Waals surface area contributed by atoms with Crippen molar-refractivity contribution in [2.45, 2.75) is 26.3 Å². The van der Waals surface area contributed by atoms with Gasteiger partial charge in [-0.1, -0.05) is 29.8 Å². The van der Waals surface area contributed by atoms with Gasteiger partial charge in [-0.25, -0.2) is 4.39 Å². The number of hydrogen-bond donors (Lipinski definition) is 1. The van der Waals surface area contributed by atoms with E-state index in [1.807, 2.05) is 45.2 Å². The molecular weight excluding hydrogens is 273 g/mol. The van der Waals surface area contributed by atoms with Gasteiger partial charge in [0.05, 0.1) is 0 Å². The Kier molecular flexibility index (Phi) is 4.79. The van der Waals surface area contributed by atoms with Gasteiger partial charge in [0, 0.05) is 11.1 Å². The number of aryl methyl sites for hydroxylation is 2. The summed E-state index contributed by atoms with van der Waals surface area (Å²) in [5.41, 5.74) is 4.08. The third kappa shape index (κ3) is 3.59. The van der Waals surface area contributed by atoms with Crippen molar-refractivity contribution in [2.24, 2.45) is 0 Å². The second kappa shape index (κ2) is 6.38. The van der Waals surface area contributed by atoms with Gasteiger partial charge in [-0.3, -0.25) is 0 Å². The fourth-order valence-corrected chi connectivity index (χ4v) is 2.70. The molecule has 20 heavy (non-hydrogen) atoms. The van der Waals surface area contributed by atoms with E-state index in [9.17, 15) is 4.39 Å². The maximum absolute atomic E-state index is 13.5. The van der Waals surface area contributed by atoms with E-state index in [2.05, 4.69) is 5.32 Å². The van der Waals surface area contributed by atoms with Crippen LogP contribution in [0.3, 0.4) is 0 Å².